The van der Waals surface area contributed by atoms with Crippen LogP contribution in [0.25, 0.3) is 21.6 Å². The van der Waals surface area contributed by atoms with E-state index in [0.29, 0.717) is 22.7 Å². The molecule has 0 fully saturated rings. The molecule has 0 amide bonds. The molecule has 3 rings (SSSR count). The smallest absolute Gasteiger partial charge is 0.346 e. The second kappa shape index (κ2) is 7.97. The van der Waals surface area contributed by atoms with E-state index in [1.54, 1.807) is 12.3 Å². The fraction of sp³-hybridized carbons (Fsp3) is 0.176. The molecule has 0 saturated heterocycles. The molecule has 0 saturated carbocycles. The molecule has 25 heavy (non-hydrogen) atoms. The number of thiazole rings is 1. The minimum absolute atomic E-state index is 0.272. The summed E-state index contributed by atoms with van der Waals surface area (Å²) in [7, 11) is 0. The highest BCUT2D eigenvalue weighted by molar-refractivity contribution is 7.19. The van der Waals surface area contributed by atoms with E-state index in [2.05, 4.69) is 10.3 Å². The van der Waals surface area contributed by atoms with Crippen LogP contribution in [-0.4, -0.2) is 29.1 Å². The third-order valence-corrected chi connectivity index (χ3v) is 5.84. The van der Waals surface area contributed by atoms with Crippen molar-refractivity contribution in [2.45, 2.75) is 6.42 Å². The van der Waals surface area contributed by atoms with Crippen molar-refractivity contribution in [2.24, 2.45) is 5.73 Å². The van der Waals surface area contributed by atoms with Crippen molar-refractivity contribution in [1.82, 2.24) is 4.98 Å². The van der Waals surface area contributed by atoms with E-state index in [4.69, 9.17) is 17.3 Å². The number of carboxylic acid groups (broad SMARTS) is 1. The van der Waals surface area contributed by atoms with E-state index in [9.17, 15) is 9.90 Å². The molecule has 0 atom stereocenters. The van der Waals surface area contributed by atoms with Gasteiger partial charge in [-0.15, -0.1) is 11.3 Å². The molecule has 0 bridgehead atoms. The molecule has 0 aliphatic heterocycles. The maximum atomic E-state index is 11.7. The van der Waals surface area contributed by atoms with Gasteiger partial charge >= 0.3 is 5.97 Å². The zero-order chi connectivity index (χ0) is 17.8. The molecule has 5 nitrogen and oxygen atoms in total. The first-order valence-electron chi connectivity index (χ1n) is 7.61. The third kappa shape index (κ3) is 3.85. The number of carbonyl (C=O) groups is 1. The number of nitrogens with two attached hydrogens (primary N) is 1. The fourth-order valence-corrected chi connectivity index (χ4v) is 4.49. The second-order valence-electron chi connectivity index (χ2n) is 5.24. The normalized spacial score (nSPS) is 10.8. The number of aromatic nitrogens is 1. The summed E-state index contributed by atoms with van der Waals surface area (Å²) in [6.45, 7) is 1.37. The molecule has 0 aliphatic carbocycles. The lowest BCUT2D eigenvalue weighted by Crippen LogP contribution is -2.07. The van der Waals surface area contributed by atoms with E-state index in [1.165, 1.54) is 22.7 Å². The lowest BCUT2D eigenvalue weighted by molar-refractivity contribution is 0.0703. The Morgan fingerprint density at radius 3 is 2.84 bits per heavy atom. The van der Waals surface area contributed by atoms with Gasteiger partial charge in [-0.2, -0.15) is 0 Å². The van der Waals surface area contributed by atoms with Gasteiger partial charge in [0, 0.05) is 39.8 Å². The lowest BCUT2D eigenvalue weighted by Gasteiger charge is -2.07. The van der Waals surface area contributed by atoms with Crippen molar-refractivity contribution in [1.29, 1.82) is 0 Å². The highest BCUT2D eigenvalue weighted by Crippen LogP contribution is 2.44. The average molecular weight is 394 g/mol. The molecule has 0 radical (unpaired) electrons. The van der Waals surface area contributed by atoms with Gasteiger partial charge in [0.2, 0.25) is 0 Å². The van der Waals surface area contributed by atoms with Gasteiger partial charge in [-0.1, -0.05) is 41.1 Å². The molecule has 4 N–H and O–H groups in total. The van der Waals surface area contributed by atoms with Crippen molar-refractivity contribution in [3.8, 4) is 21.6 Å². The Kier molecular flexibility index (Phi) is 5.70. The first-order chi connectivity index (χ1) is 12.1. The largest absolute Gasteiger partial charge is 0.477 e. The molecule has 3 aromatic rings. The van der Waals surface area contributed by atoms with Gasteiger partial charge in [-0.25, -0.2) is 9.78 Å². The number of halogens is 1. The van der Waals surface area contributed by atoms with Crippen LogP contribution in [0.1, 0.15) is 16.1 Å². The molecule has 1 aromatic carbocycles. The van der Waals surface area contributed by atoms with E-state index in [0.717, 1.165) is 28.5 Å². The summed E-state index contributed by atoms with van der Waals surface area (Å²) < 4.78 is 0. The van der Waals surface area contributed by atoms with E-state index >= 15 is 0 Å². The third-order valence-electron chi connectivity index (χ3n) is 3.56. The number of hydrogen-bond acceptors (Lipinski definition) is 6. The highest BCUT2D eigenvalue weighted by atomic mass is 35.5. The standard InChI is InChI=1S/C17H16ClN3O2S2/c18-12-5-2-1-4-10(12)14-11(9-24-15(14)16(22)23)13-8-21-17(25-13)20-7-3-6-19/h1-2,4-5,8-9H,3,6-7,19H2,(H,20,21)(H,22,23). The Balaban J connectivity index is 2.03. The van der Waals surface area contributed by atoms with Gasteiger partial charge in [-0.3, -0.25) is 0 Å². The Bertz CT molecular complexity index is 892. The lowest BCUT2D eigenvalue weighted by atomic mass is 10.0. The van der Waals surface area contributed by atoms with E-state index in [1.807, 2.05) is 23.6 Å². The van der Waals surface area contributed by atoms with Crippen LogP contribution in [0.3, 0.4) is 0 Å². The maximum Gasteiger partial charge on any atom is 0.346 e. The van der Waals surface area contributed by atoms with Crippen LogP contribution in [0.4, 0.5) is 5.13 Å². The maximum absolute atomic E-state index is 11.7. The summed E-state index contributed by atoms with van der Waals surface area (Å²) in [5.41, 5.74) is 7.68. The van der Waals surface area contributed by atoms with Crippen LogP contribution in [0.15, 0.2) is 35.8 Å². The van der Waals surface area contributed by atoms with Gasteiger partial charge in [0.05, 0.1) is 4.88 Å². The van der Waals surface area contributed by atoms with Crippen LogP contribution < -0.4 is 11.1 Å². The van der Waals surface area contributed by atoms with Gasteiger partial charge < -0.3 is 16.2 Å². The number of hydrogen-bond donors (Lipinski definition) is 3. The number of nitrogens with one attached hydrogen (secondary N) is 1. The molecule has 8 heteroatoms. The molecule has 0 spiro atoms. The van der Waals surface area contributed by atoms with E-state index in [-0.39, 0.29) is 4.88 Å². The Labute approximate surface area is 158 Å². The fourth-order valence-electron chi connectivity index (χ4n) is 2.41. The predicted molar refractivity (Wildman–Crippen MR) is 105 cm³/mol. The van der Waals surface area contributed by atoms with E-state index < -0.39 is 5.97 Å². The molecule has 2 heterocycles. The zero-order valence-corrected chi connectivity index (χ0v) is 15.5. The molecule has 2 aromatic heterocycles. The second-order valence-corrected chi connectivity index (χ2v) is 7.55. The minimum Gasteiger partial charge on any atom is -0.477 e. The highest BCUT2D eigenvalue weighted by Gasteiger charge is 2.22. The van der Waals surface area contributed by atoms with Crippen molar-refractivity contribution in [3.63, 3.8) is 0 Å². The summed E-state index contributed by atoms with van der Waals surface area (Å²) in [5.74, 6) is -0.961. The first-order valence-corrected chi connectivity index (χ1v) is 9.69. The van der Waals surface area contributed by atoms with Crippen molar-refractivity contribution >= 4 is 45.4 Å². The molecular weight excluding hydrogens is 378 g/mol. The van der Waals surface area contributed by atoms with Crippen LogP contribution in [0.5, 0.6) is 0 Å². The van der Waals surface area contributed by atoms with Crippen LogP contribution in [0, 0.1) is 0 Å². The Morgan fingerprint density at radius 1 is 1.32 bits per heavy atom. The number of rotatable bonds is 7. The quantitative estimate of drug-likeness (QED) is 0.508. The number of benzene rings is 1. The summed E-state index contributed by atoms with van der Waals surface area (Å²) in [4.78, 5) is 17.2. The van der Waals surface area contributed by atoms with Crippen LogP contribution >= 0.6 is 34.3 Å². The topological polar surface area (TPSA) is 88.2 Å². The number of aromatic carboxylic acids is 1. The predicted octanol–water partition coefficient (Wildman–Crippen LogP) is 4.65. The van der Waals surface area contributed by atoms with Gasteiger partial charge in [0.15, 0.2) is 5.13 Å². The summed E-state index contributed by atoms with van der Waals surface area (Å²) in [6.07, 6.45) is 2.62. The number of anilines is 1. The molecule has 0 unspecified atom stereocenters. The van der Waals surface area contributed by atoms with Gasteiger partial charge in [0.1, 0.15) is 4.88 Å². The number of thiophene rings is 1. The Morgan fingerprint density at radius 2 is 2.12 bits per heavy atom. The van der Waals surface area contributed by atoms with Crippen LogP contribution in [0.2, 0.25) is 5.02 Å². The summed E-state index contributed by atoms with van der Waals surface area (Å²) in [5, 5.41) is 15.9. The zero-order valence-electron chi connectivity index (χ0n) is 13.2. The van der Waals surface area contributed by atoms with Crippen molar-refractivity contribution in [2.75, 3.05) is 18.4 Å². The Hall–Kier alpha value is -1.93. The summed E-state index contributed by atoms with van der Waals surface area (Å²) in [6, 6.07) is 7.27. The number of nitrogens with zero attached hydrogens (tertiary/aromatic N) is 1. The number of carboxylic acids is 1. The van der Waals surface area contributed by atoms with Gasteiger partial charge in [0.25, 0.3) is 0 Å². The first kappa shape index (κ1) is 17.9. The monoisotopic (exact) mass is 393 g/mol. The van der Waals surface area contributed by atoms with Gasteiger partial charge in [-0.05, 0) is 19.0 Å². The minimum atomic E-state index is -0.961. The molecule has 130 valence electrons. The molecular formula is C17H16ClN3O2S2. The van der Waals surface area contributed by atoms with Crippen molar-refractivity contribution in [3.05, 3.63) is 45.7 Å². The SMILES string of the molecule is NCCCNc1ncc(-c2csc(C(=O)O)c2-c2ccccc2Cl)s1. The molecule has 0 aliphatic rings. The summed E-state index contributed by atoms with van der Waals surface area (Å²) >= 11 is 9.00. The van der Waals surface area contributed by atoms with Crippen LogP contribution in [-0.2, 0) is 0 Å². The average Bonchev–Trinajstić information content (AvgIpc) is 3.22. The van der Waals surface area contributed by atoms with Crippen molar-refractivity contribution < 1.29 is 9.90 Å².